The van der Waals surface area contributed by atoms with Crippen LogP contribution in [0.3, 0.4) is 0 Å². The van der Waals surface area contributed by atoms with Crippen molar-refractivity contribution in [1.29, 1.82) is 0 Å². The summed E-state index contributed by atoms with van der Waals surface area (Å²) in [4.78, 5) is 28.8. The van der Waals surface area contributed by atoms with Crippen molar-refractivity contribution < 1.29 is 19.1 Å². The molecule has 0 radical (unpaired) electrons. The van der Waals surface area contributed by atoms with Crippen molar-refractivity contribution in [2.24, 2.45) is 0 Å². The number of ether oxygens (including phenoxy) is 2. The smallest absolute Gasteiger partial charge is 0.258 e. The molecule has 0 aliphatic heterocycles. The van der Waals surface area contributed by atoms with E-state index in [2.05, 4.69) is 15.6 Å². The van der Waals surface area contributed by atoms with Crippen LogP contribution in [-0.2, 0) is 4.79 Å². The van der Waals surface area contributed by atoms with Gasteiger partial charge in [0.05, 0.1) is 18.3 Å². The molecule has 2 N–H and O–H groups in total. The zero-order chi connectivity index (χ0) is 20.8. The Bertz CT molecular complexity index is 1030. The largest absolute Gasteiger partial charge is 0.493 e. The van der Waals surface area contributed by atoms with Gasteiger partial charge < -0.3 is 20.1 Å². The molecule has 3 aromatic rings. The summed E-state index contributed by atoms with van der Waals surface area (Å²) in [5, 5.41) is 6.57. The highest BCUT2D eigenvalue weighted by atomic mass is 16.5. The summed E-state index contributed by atoms with van der Waals surface area (Å²) < 4.78 is 10.8. The number of carbonyl (C=O) groups is 2. The van der Waals surface area contributed by atoms with Crippen molar-refractivity contribution in [2.45, 2.75) is 19.9 Å². The number of benzene rings is 2. The maximum absolute atomic E-state index is 12.7. The molecule has 2 aromatic carbocycles. The molecular formula is C22H23N3O4. The van der Waals surface area contributed by atoms with E-state index < -0.39 is 0 Å². The third kappa shape index (κ3) is 5.01. The molecule has 0 bridgehead atoms. The van der Waals surface area contributed by atoms with E-state index in [0.717, 1.165) is 5.39 Å². The fourth-order valence-electron chi connectivity index (χ4n) is 2.83. The third-order valence-electron chi connectivity index (χ3n) is 4.12. The van der Waals surface area contributed by atoms with Gasteiger partial charge in [-0.2, -0.15) is 0 Å². The number of nitrogens with zero attached hydrogens (tertiary/aromatic N) is 1. The van der Waals surface area contributed by atoms with E-state index in [9.17, 15) is 9.59 Å². The molecule has 7 nitrogen and oxygen atoms in total. The number of nitrogens with one attached hydrogen (secondary N) is 2. The first-order valence-corrected chi connectivity index (χ1v) is 9.23. The highest BCUT2D eigenvalue weighted by Crippen LogP contribution is 2.29. The summed E-state index contributed by atoms with van der Waals surface area (Å²) in [7, 11) is 1.48. The van der Waals surface area contributed by atoms with Crippen molar-refractivity contribution in [3.8, 4) is 11.5 Å². The highest BCUT2D eigenvalue weighted by Gasteiger charge is 2.14. The number of aromatic nitrogens is 1. The predicted molar refractivity (Wildman–Crippen MR) is 111 cm³/mol. The first kappa shape index (κ1) is 20.1. The van der Waals surface area contributed by atoms with Crippen LogP contribution in [0, 0.1) is 0 Å². The second kappa shape index (κ2) is 9.05. The van der Waals surface area contributed by atoms with Gasteiger partial charge in [0.25, 0.3) is 11.8 Å². The van der Waals surface area contributed by atoms with Crippen LogP contribution >= 0.6 is 0 Å². The molecule has 0 saturated heterocycles. The Balaban J connectivity index is 1.75. The molecule has 1 aromatic heterocycles. The van der Waals surface area contributed by atoms with Crippen LogP contribution in [0.1, 0.15) is 24.2 Å². The van der Waals surface area contributed by atoms with Crippen molar-refractivity contribution >= 4 is 28.4 Å². The standard InChI is InChI=1S/C22H23N3O4/c1-14(2)24-20(26)13-29-18-10-9-16(12-19(18)28-3)22(27)25-17-8-4-6-15-7-5-11-23-21(15)17/h4-12,14H,13H2,1-3H3,(H,24,26)(H,25,27). The maximum Gasteiger partial charge on any atom is 0.258 e. The minimum Gasteiger partial charge on any atom is -0.493 e. The van der Waals surface area contributed by atoms with Gasteiger partial charge in [-0.05, 0) is 44.2 Å². The van der Waals surface area contributed by atoms with Crippen LogP contribution in [0.2, 0.25) is 0 Å². The summed E-state index contributed by atoms with van der Waals surface area (Å²) in [5.74, 6) is 0.221. The minimum atomic E-state index is -0.300. The topological polar surface area (TPSA) is 89.6 Å². The Hall–Kier alpha value is -3.61. The molecule has 150 valence electrons. The summed E-state index contributed by atoms with van der Waals surface area (Å²) >= 11 is 0. The molecule has 0 spiro atoms. The molecule has 0 fully saturated rings. The fraction of sp³-hybridized carbons (Fsp3) is 0.227. The zero-order valence-corrected chi connectivity index (χ0v) is 16.6. The minimum absolute atomic E-state index is 0.0302. The predicted octanol–water partition coefficient (Wildman–Crippen LogP) is 3.40. The van der Waals surface area contributed by atoms with E-state index in [-0.39, 0.29) is 24.5 Å². The Labute approximate surface area is 169 Å². The molecule has 0 saturated carbocycles. The van der Waals surface area contributed by atoms with E-state index in [1.165, 1.54) is 7.11 Å². The molecular weight excluding hydrogens is 370 g/mol. The maximum atomic E-state index is 12.7. The van der Waals surface area contributed by atoms with Gasteiger partial charge in [0.2, 0.25) is 0 Å². The monoisotopic (exact) mass is 393 g/mol. The van der Waals surface area contributed by atoms with Crippen molar-refractivity contribution in [3.63, 3.8) is 0 Å². The normalized spacial score (nSPS) is 10.6. The number of hydrogen-bond donors (Lipinski definition) is 2. The van der Waals surface area contributed by atoms with Gasteiger partial charge in [-0.3, -0.25) is 14.6 Å². The van der Waals surface area contributed by atoms with Crippen LogP contribution in [-0.4, -0.2) is 36.6 Å². The van der Waals surface area contributed by atoms with Gasteiger partial charge in [-0.25, -0.2) is 0 Å². The van der Waals surface area contributed by atoms with Crippen LogP contribution in [0.4, 0.5) is 5.69 Å². The number of anilines is 1. The summed E-state index contributed by atoms with van der Waals surface area (Å²) in [6, 6.07) is 14.2. The Morgan fingerprint density at radius 3 is 2.62 bits per heavy atom. The fourth-order valence-corrected chi connectivity index (χ4v) is 2.83. The summed E-state index contributed by atoms with van der Waals surface area (Å²) in [5.41, 5.74) is 1.73. The number of carbonyl (C=O) groups excluding carboxylic acids is 2. The number of pyridine rings is 1. The number of methoxy groups -OCH3 is 1. The van der Waals surface area contributed by atoms with E-state index in [1.807, 2.05) is 38.1 Å². The Morgan fingerprint density at radius 1 is 1.07 bits per heavy atom. The van der Waals surface area contributed by atoms with Gasteiger partial charge in [0, 0.05) is 23.2 Å². The lowest BCUT2D eigenvalue weighted by Crippen LogP contribution is -2.34. The lowest BCUT2D eigenvalue weighted by Gasteiger charge is -2.13. The molecule has 0 aliphatic rings. The molecule has 0 atom stereocenters. The van der Waals surface area contributed by atoms with Gasteiger partial charge in [-0.15, -0.1) is 0 Å². The molecule has 7 heteroatoms. The van der Waals surface area contributed by atoms with Crippen molar-refractivity contribution in [1.82, 2.24) is 10.3 Å². The van der Waals surface area contributed by atoms with Crippen molar-refractivity contribution in [2.75, 3.05) is 19.0 Å². The number of rotatable bonds is 7. The Kier molecular flexibility index (Phi) is 6.29. The van der Waals surface area contributed by atoms with Gasteiger partial charge in [-0.1, -0.05) is 18.2 Å². The number of hydrogen-bond acceptors (Lipinski definition) is 5. The SMILES string of the molecule is COc1cc(C(=O)Nc2cccc3cccnc23)ccc1OCC(=O)NC(C)C. The van der Waals surface area contributed by atoms with E-state index >= 15 is 0 Å². The summed E-state index contributed by atoms with van der Waals surface area (Å²) in [6.07, 6.45) is 1.68. The highest BCUT2D eigenvalue weighted by molar-refractivity contribution is 6.08. The molecule has 3 rings (SSSR count). The first-order valence-electron chi connectivity index (χ1n) is 9.23. The number of para-hydroxylation sites is 1. The second-order valence-electron chi connectivity index (χ2n) is 6.71. The lowest BCUT2D eigenvalue weighted by molar-refractivity contribution is -0.123. The molecule has 29 heavy (non-hydrogen) atoms. The van der Waals surface area contributed by atoms with E-state index in [4.69, 9.17) is 9.47 Å². The quantitative estimate of drug-likeness (QED) is 0.642. The van der Waals surface area contributed by atoms with Gasteiger partial charge >= 0.3 is 0 Å². The molecule has 2 amide bonds. The van der Waals surface area contributed by atoms with Crippen LogP contribution in [0.25, 0.3) is 10.9 Å². The second-order valence-corrected chi connectivity index (χ2v) is 6.71. The van der Waals surface area contributed by atoms with Gasteiger partial charge in [0.1, 0.15) is 0 Å². The third-order valence-corrected chi connectivity index (χ3v) is 4.12. The van der Waals surface area contributed by atoms with E-state index in [1.54, 1.807) is 30.5 Å². The average Bonchev–Trinajstić information content (AvgIpc) is 2.72. The lowest BCUT2D eigenvalue weighted by atomic mass is 10.1. The van der Waals surface area contributed by atoms with Crippen LogP contribution in [0.15, 0.2) is 54.7 Å². The number of fused-ring (bicyclic) bond motifs is 1. The van der Waals surface area contributed by atoms with Gasteiger partial charge in [0.15, 0.2) is 18.1 Å². The first-order chi connectivity index (χ1) is 14.0. The Morgan fingerprint density at radius 2 is 1.86 bits per heavy atom. The van der Waals surface area contributed by atoms with E-state index in [0.29, 0.717) is 28.3 Å². The average molecular weight is 393 g/mol. The van der Waals surface area contributed by atoms with Crippen LogP contribution in [0.5, 0.6) is 11.5 Å². The zero-order valence-electron chi connectivity index (χ0n) is 16.6. The molecule has 0 aliphatic carbocycles. The van der Waals surface area contributed by atoms with Crippen molar-refractivity contribution in [3.05, 3.63) is 60.3 Å². The molecule has 1 heterocycles. The molecule has 0 unspecified atom stereocenters. The number of amides is 2. The summed E-state index contributed by atoms with van der Waals surface area (Å²) in [6.45, 7) is 3.61. The van der Waals surface area contributed by atoms with Crippen LogP contribution < -0.4 is 20.1 Å².